The predicted molar refractivity (Wildman–Crippen MR) is 79.1 cm³/mol. The number of nitrogens with zero attached hydrogens (tertiary/aromatic N) is 1. The quantitative estimate of drug-likeness (QED) is 0.869. The van der Waals surface area contributed by atoms with Crippen molar-refractivity contribution in [3.63, 3.8) is 0 Å². The lowest BCUT2D eigenvalue weighted by Gasteiger charge is -2.11. The molecule has 0 aliphatic carbocycles. The van der Waals surface area contributed by atoms with E-state index in [1.165, 1.54) is 0 Å². The van der Waals surface area contributed by atoms with Gasteiger partial charge in [0, 0.05) is 23.1 Å². The van der Waals surface area contributed by atoms with Crippen LogP contribution >= 0.6 is 0 Å². The molecular formula is C16H21NO3. The van der Waals surface area contributed by atoms with Crippen molar-refractivity contribution in [3.8, 4) is 5.75 Å². The van der Waals surface area contributed by atoms with Gasteiger partial charge < -0.3 is 14.4 Å². The summed E-state index contributed by atoms with van der Waals surface area (Å²) in [5.74, 6) is 0.293. The number of esters is 1. The third-order valence-corrected chi connectivity index (χ3v) is 3.33. The van der Waals surface area contributed by atoms with Crippen molar-refractivity contribution in [2.45, 2.75) is 34.2 Å². The summed E-state index contributed by atoms with van der Waals surface area (Å²) in [5, 5.41) is 10.4. The fourth-order valence-electron chi connectivity index (χ4n) is 2.53. The molecule has 0 aliphatic heterocycles. The van der Waals surface area contributed by atoms with Crippen LogP contribution in [0.1, 0.15) is 36.8 Å². The van der Waals surface area contributed by atoms with Crippen LogP contribution in [0.3, 0.4) is 0 Å². The van der Waals surface area contributed by atoms with Gasteiger partial charge in [0.2, 0.25) is 0 Å². The Morgan fingerprint density at radius 1 is 1.40 bits per heavy atom. The Bertz CT molecular complexity index is 641. The van der Waals surface area contributed by atoms with E-state index < -0.39 is 0 Å². The fraction of sp³-hybridized carbons (Fsp3) is 0.438. The zero-order chi connectivity index (χ0) is 14.9. The van der Waals surface area contributed by atoms with E-state index >= 15 is 0 Å². The molecule has 4 nitrogen and oxygen atoms in total. The standard InChI is InChI=1S/C16H21NO3/c1-5-20-16(19)15-11(4)17(9-10(2)3)14-7-6-12(18)8-13(14)15/h6-8,10,18H,5,9H2,1-4H3. The normalized spacial score (nSPS) is 11.2. The molecule has 0 spiro atoms. The molecule has 1 aromatic carbocycles. The van der Waals surface area contributed by atoms with Gasteiger partial charge in [-0.3, -0.25) is 0 Å². The van der Waals surface area contributed by atoms with E-state index in [1.54, 1.807) is 19.1 Å². The van der Waals surface area contributed by atoms with Crippen LogP contribution in [0.4, 0.5) is 0 Å². The number of ether oxygens (including phenoxy) is 1. The van der Waals surface area contributed by atoms with Gasteiger partial charge >= 0.3 is 5.97 Å². The van der Waals surface area contributed by atoms with Crippen molar-refractivity contribution in [2.24, 2.45) is 5.92 Å². The van der Waals surface area contributed by atoms with Crippen LogP contribution in [0.2, 0.25) is 0 Å². The van der Waals surface area contributed by atoms with Crippen LogP contribution in [-0.4, -0.2) is 22.2 Å². The third kappa shape index (κ3) is 2.50. The number of phenolic OH excluding ortho intramolecular Hbond substituents is 1. The number of fused-ring (bicyclic) bond motifs is 1. The number of carbonyl (C=O) groups is 1. The zero-order valence-electron chi connectivity index (χ0n) is 12.4. The van der Waals surface area contributed by atoms with E-state index in [4.69, 9.17) is 4.74 Å². The van der Waals surface area contributed by atoms with E-state index in [0.717, 1.165) is 23.1 Å². The largest absolute Gasteiger partial charge is 0.508 e. The molecule has 0 fully saturated rings. The van der Waals surface area contributed by atoms with Crippen LogP contribution in [0.5, 0.6) is 5.75 Å². The summed E-state index contributed by atoms with van der Waals surface area (Å²) >= 11 is 0. The molecule has 0 radical (unpaired) electrons. The third-order valence-electron chi connectivity index (χ3n) is 3.33. The first-order valence-electron chi connectivity index (χ1n) is 6.94. The number of aromatic nitrogens is 1. The summed E-state index contributed by atoms with van der Waals surface area (Å²) in [6.07, 6.45) is 0. The van der Waals surface area contributed by atoms with Crippen LogP contribution < -0.4 is 0 Å². The van der Waals surface area contributed by atoms with E-state index in [1.807, 2.05) is 13.0 Å². The second-order valence-electron chi connectivity index (χ2n) is 5.39. The lowest BCUT2D eigenvalue weighted by atomic mass is 10.1. The Hall–Kier alpha value is -1.97. The molecule has 2 aromatic rings. The molecule has 0 aliphatic rings. The summed E-state index contributed by atoms with van der Waals surface area (Å²) in [6, 6.07) is 5.13. The maximum atomic E-state index is 12.2. The molecule has 20 heavy (non-hydrogen) atoms. The monoisotopic (exact) mass is 275 g/mol. The topological polar surface area (TPSA) is 51.5 Å². The lowest BCUT2D eigenvalue weighted by molar-refractivity contribution is 0.0527. The number of hydrogen-bond donors (Lipinski definition) is 1. The Balaban J connectivity index is 2.69. The van der Waals surface area contributed by atoms with Crippen molar-refractivity contribution in [1.82, 2.24) is 4.57 Å². The van der Waals surface area contributed by atoms with Gasteiger partial charge in [-0.2, -0.15) is 0 Å². The highest BCUT2D eigenvalue weighted by molar-refractivity contribution is 6.06. The van der Waals surface area contributed by atoms with Crippen LogP contribution in [0, 0.1) is 12.8 Å². The van der Waals surface area contributed by atoms with Crippen LogP contribution in [0.25, 0.3) is 10.9 Å². The highest BCUT2D eigenvalue weighted by atomic mass is 16.5. The average molecular weight is 275 g/mol. The minimum absolute atomic E-state index is 0.157. The minimum atomic E-state index is -0.330. The SMILES string of the molecule is CCOC(=O)c1c(C)n(CC(C)C)c2ccc(O)cc12. The lowest BCUT2D eigenvalue weighted by Crippen LogP contribution is -2.09. The molecule has 1 heterocycles. The van der Waals surface area contributed by atoms with Gasteiger partial charge in [0.1, 0.15) is 5.75 Å². The molecule has 0 unspecified atom stereocenters. The van der Waals surface area contributed by atoms with Crippen LogP contribution in [-0.2, 0) is 11.3 Å². The maximum absolute atomic E-state index is 12.2. The van der Waals surface area contributed by atoms with Crippen LogP contribution in [0.15, 0.2) is 18.2 Å². The first-order chi connectivity index (χ1) is 9.45. The number of hydrogen-bond acceptors (Lipinski definition) is 3. The smallest absolute Gasteiger partial charge is 0.340 e. The van der Waals surface area contributed by atoms with Crippen molar-refractivity contribution >= 4 is 16.9 Å². The molecular weight excluding hydrogens is 254 g/mol. The minimum Gasteiger partial charge on any atom is -0.508 e. The molecule has 0 bridgehead atoms. The fourth-order valence-corrected chi connectivity index (χ4v) is 2.53. The highest BCUT2D eigenvalue weighted by Gasteiger charge is 2.21. The predicted octanol–water partition coefficient (Wildman–Crippen LogP) is 3.49. The summed E-state index contributed by atoms with van der Waals surface area (Å²) in [5.41, 5.74) is 2.40. The molecule has 0 saturated carbocycles. The Labute approximate surface area is 119 Å². The molecule has 1 N–H and O–H groups in total. The number of rotatable bonds is 4. The highest BCUT2D eigenvalue weighted by Crippen LogP contribution is 2.30. The van der Waals surface area contributed by atoms with Gasteiger partial charge in [-0.15, -0.1) is 0 Å². The van der Waals surface area contributed by atoms with Crippen molar-refractivity contribution in [3.05, 3.63) is 29.5 Å². The zero-order valence-corrected chi connectivity index (χ0v) is 12.4. The molecule has 0 saturated heterocycles. The van der Waals surface area contributed by atoms with Gasteiger partial charge in [-0.05, 0) is 38.0 Å². The Kier molecular flexibility index (Phi) is 4.02. The first-order valence-corrected chi connectivity index (χ1v) is 6.94. The summed E-state index contributed by atoms with van der Waals surface area (Å²) in [6.45, 7) is 9.15. The van der Waals surface area contributed by atoms with Crippen molar-refractivity contribution in [2.75, 3.05) is 6.61 Å². The van der Waals surface area contributed by atoms with E-state index in [-0.39, 0.29) is 11.7 Å². The average Bonchev–Trinajstić information content (AvgIpc) is 2.61. The van der Waals surface area contributed by atoms with Crippen molar-refractivity contribution in [1.29, 1.82) is 0 Å². The second-order valence-corrected chi connectivity index (χ2v) is 5.39. The Morgan fingerprint density at radius 3 is 2.70 bits per heavy atom. The van der Waals surface area contributed by atoms with E-state index in [2.05, 4.69) is 18.4 Å². The molecule has 0 atom stereocenters. The maximum Gasteiger partial charge on any atom is 0.340 e. The van der Waals surface area contributed by atoms with Gasteiger partial charge in [0.05, 0.1) is 12.2 Å². The van der Waals surface area contributed by atoms with E-state index in [0.29, 0.717) is 18.1 Å². The molecule has 2 rings (SSSR count). The van der Waals surface area contributed by atoms with Gasteiger partial charge in [-0.1, -0.05) is 13.8 Å². The number of benzene rings is 1. The van der Waals surface area contributed by atoms with Crippen molar-refractivity contribution < 1.29 is 14.6 Å². The Morgan fingerprint density at radius 2 is 2.10 bits per heavy atom. The molecule has 0 amide bonds. The number of aromatic hydroxyl groups is 1. The number of phenols is 1. The molecule has 4 heteroatoms. The van der Waals surface area contributed by atoms with E-state index in [9.17, 15) is 9.90 Å². The number of carbonyl (C=O) groups excluding carboxylic acids is 1. The summed E-state index contributed by atoms with van der Waals surface area (Å²) in [4.78, 5) is 12.2. The first kappa shape index (κ1) is 14.4. The van der Waals surface area contributed by atoms with Gasteiger partial charge in [0.25, 0.3) is 0 Å². The summed E-state index contributed by atoms with van der Waals surface area (Å²) < 4.78 is 7.26. The molecule has 1 aromatic heterocycles. The second kappa shape index (κ2) is 5.57. The van der Waals surface area contributed by atoms with Gasteiger partial charge in [-0.25, -0.2) is 4.79 Å². The van der Waals surface area contributed by atoms with Gasteiger partial charge in [0.15, 0.2) is 0 Å². The molecule has 108 valence electrons. The summed E-state index contributed by atoms with van der Waals surface area (Å²) in [7, 11) is 0.